The fourth-order valence-corrected chi connectivity index (χ4v) is 4.52. The minimum atomic E-state index is -3.68. The van der Waals surface area contributed by atoms with Gasteiger partial charge >= 0.3 is 0 Å². The molecule has 0 saturated heterocycles. The molecule has 186 valence electrons. The van der Waals surface area contributed by atoms with Crippen LogP contribution in [0.25, 0.3) is 5.69 Å². The lowest BCUT2D eigenvalue weighted by Crippen LogP contribution is -2.40. The number of imidazole rings is 1. The van der Waals surface area contributed by atoms with Gasteiger partial charge in [0.1, 0.15) is 24.7 Å². The van der Waals surface area contributed by atoms with Crippen LogP contribution in [0.3, 0.4) is 0 Å². The summed E-state index contributed by atoms with van der Waals surface area (Å²) in [6, 6.07) is 24.1. The van der Waals surface area contributed by atoms with Crippen LogP contribution in [0, 0.1) is 6.92 Å². The highest BCUT2D eigenvalue weighted by molar-refractivity contribution is 7.92. The van der Waals surface area contributed by atoms with Crippen molar-refractivity contribution in [2.75, 3.05) is 17.1 Å². The number of rotatable bonds is 10. The zero-order chi connectivity index (χ0) is 25.5. The normalized spacial score (nSPS) is 11.2. The van der Waals surface area contributed by atoms with E-state index < -0.39 is 15.9 Å². The van der Waals surface area contributed by atoms with Crippen molar-refractivity contribution in [3.8, 4) is 11.4 Å². The summed E-state index contributed by atoms with van der Waals surface area (Å²) >= 11 is 0. The van der Waals surface area contributed by atoms with E-state index in [1.54, 1.807) is 30.5 Å². The largest absolute Gasteiger partial charge is 0.489 e. The number of carbonyl (C=O) groups is 1. The second-order valence-electron chi connectivity index (χ2n) is 8.33. The minimum Gasteiger partial charge on any atom is -0.489 e. The number of benzene rings is 3. The molecule has 4 rings (SSSR count). The van der Waals surface area contributed by atoms with Crippen LogP contribution in [-0.2, 0) is 28.0 Å². The van der Waals surface area contributed by atoms with E-state index in [0.717, 1.165) is 33.2 Å². The third-order valence-corrected chi connectivity index (χ3v) is 6.73. The number of nitrogens with zero attached hydrogens (tertiary/aromatic N) is 3. The SMILES string of the molecule is Cc1nccn1-c1ccc(CNC(=O)CN(c2ccc(OCc3ccccc3)cc2)S(C)(=O)=O)cc1. The number of sulfonamides is 1. The van der Waals surface area contributed by atoms with Crippen molar-refractivity contribution in [2.24, 2.45) is 0 Å². The lowest BCUT2D eigenvalue weighted by molar-refractivity contribution is -0.119. The highest BCUT2D eigenvalue weighted by atomic mass is 32.2. The molecule has 0 aliphatic rings. The summed E-state index contributed by atoms with van der Waals surface area (Å²) in [5.74, 6) is 1.09. The molecule has 1 N–H and O–H groups in total. The van der Waals surface area contributed by atoms with Crippen LogP contribution in [0.2, 0.25) is 0 Å². The lowest BCUT2D eigenvalue weighted by atomic mass is 10.2. The van der Waals surface area contributed by atoms with Crippen molar-refractivity contribution in [1.29, 1.82) is 0 Å². The third kappa shape index (κ3) is 6.51. The van der Waals surface area contributed by atoms with Crippen LogP contribution in [0.5, 0.6) is 5.75 Å². The Kier molecular flexibility index (Phi) is 7.70. The minimum absolute atomic E-state index is 0.284. The second-order valence-corrected chi connectivity index (χ2v) is 10.2. The van der Waals surface area contributed by atoms with Crippen LogP contribution in [-0.4, -0.2) is 36.7 Å². The fraction of sp³-hybridized carbons (Fsp3) is 0.185. The molecule has 1 amide bonds. The van der Waals surface area contributed by atoms with E-state index in [-0.39, 0.29) is 13.1 Å². The Morgan fingerprint density at radius 3 is 2.28 bits per heavy atom. The van der Waals surface area contributed by atoms with Crippen LogP contribution in [0.15, 0.2) is 91.3 Å². The van der Waals surface area contributed by atoms with E-state index in [9.17, 15) is 13.2 Å². The lowest BCUT2D eigenvalue weighted by Gasteiger charge is -2.22. The van der Waals surface area contributed by atoms with Gasteiger partial charge in [0.15, 0.2) is 0 Å². The highest BCUT2D eigenvalue weighted by Gasteiger charge is 2.21. The number of carbonyl (C=O) groups excluding carboxylic acids is 1. The van der Waals surface area contributed by atoms with Gasteiger partial charge in [0, 0.05) is 24.6 Å². The maximum absolute atomic E-state index is 12.6. The predicted molar refractivity (Wildman–Crippen MR) is 140 cm³/mol. The molecule has 1 aromatic heterocycles. The molecule has 4 aromatic rings. The van der Waals surface area contributed by atoms with E-state index in [4.69, 9.17) is 4.74 Å². The van der Waals surface area contributed by atoms with Crippen molar-refractivity contribution >= 4 is 21.6 Å². The van der Waals surface area contributed by atoms with Gasteiger partial charge in [-0.3, -0.25) is 9.10 Å². The van der Waals surface area contributed by atoms with Crippen molar-refractivity contribution in [3.63, 3.8) is 0 Å². The number of ether oxygens (including phenoxy) is 1. The molecule has 0 aliphatic carbocycles. The van der Waals surface area contributed by atoms with Gasteiger partial charge in [-0.25, -0.2) is 13.4 Å². The van der Waals surface area contributed by atoms with Gasteiger partial charge in [-0.1, -0.05) is 42.5 Å². The Balaban J connectivity index is 1.35. The summed E-state index contributed by atoms with van der Waals surface area (Å²) in [5.41, 5.74) is 3.29. The van der Waals surface area contributed by atoms with Crippen LogP contribution >= 0.6 is 0 Å². The number of hydrogen-bond acceptors (Lipinski definition) is 5. The third-order valence-electron chi connectivity index (χ3n) is 5.59. The van der Waals surface area contributed by atoms with Gasteiger partial charge in [0.25, 0.3) is 0 Å². The molecule has 0 atom stereocenters. The van der Waals surface area contributed by atoms with E-state index >= 15 is 0 Å². The van der Waals surface area contributed by atoms with Gasteiger partial charge in [-0.05, 0) is 54.4 Å². The zero-order valence-corrected chi connectivity index (χ0v) is 21.0. The second kappa shape index (κ2) is 11.1. The fourth-order valence-electron chi connectivity index (χ4n) is 3.66. The Morgan fingerprint density at radius 2 is 1.67 bits per heavy atom. The summed E-state index contributed by atoms with van der Waals surface area (Å²) in [6.45, 7) is 2.29. The average molecular weight is 505 g/mol. The van der Waals surface area contributed by atoms with Crippen LogP contribution < -0.4 is 14.4 Å². The van der Waals surface area contributed by atoms with Gasteiger partial charge in [-0.2, -0.15) is 0 Å². The van der Waals surface area contributed by atoms with Gasteiger partial charge in [0.05, 0.1) is 11.9 Å². The number of anilines is 1. The number of hydrogen-bond donors (Lipinski definition) is 1. The van der Waals surface area contributed by atoms with Crippen molar-refractivity contribution in [3.05, 3.63) is 108 Å². The maximum Gasteiger partial charge on any atom is 0.241 e. The van der Waals surface area contributed by atoms with E-state index in [0.29, 0.717) is 18.0 Å². The molecular formula is C27H28N4O4S. The first-order valence-electron chi connectivity index (χ1n) is 11.4. The summed E-state index contributed by atoms with van der Waals surface area (Å²) < 4.78 is 33.7. The first kappa shape index (κ1) is 25.0. The van der Waals surface area contributed by atoms with E-state index in [1.165, 1.54) is 0 Å². The molecule has 1 heterocycles. The van der Waals surface area contributed by atoms with Gasteiger partial charge in [0.2, 0.25) is 15.9 Å². The van der Waals surface area contributed by atoms with Crippen molar-refractivity contribution in [2.45, 2.75) is 20.1 Å². The summed E-state index contributed by atoms with van der Waals surface area (Å²) in [4.78, 5) is 16.8. The van der Waals surface area contributed by atoms with Crippen LogP contribution in [0.4, 0.5) is 5.69 Å². The molecular weight excluding hydrogens is 476 g/mol. The summed E-state index contributed by atoms with van der Waals surface area (Å²) in [6.07, 6.45) is 4.70. The Labute approximate surface area is 211 Å². The molecule has 0 spiro atoms. The van der Waals surface area contributed by atoms with Gasteiger partial charge in [-0.15, -0.1) is 0 Å². The highest BCUT2D eigenvalue weighted by Crippen LogP contribution is 2.22. The number of aryl methyl sites for hydroxylation is 1. The number of aromatic nitrogens is 2. The standard InChI is InChI=1S/C27H28N4O4S/c1-21-28-16-17-30(21)24-10-8-22(9-11-24)18-29-27(32)19-31(36(2,33)34)25-12-14-26(15-13-25)35-20-23-6-4-3-5-7-23/h3-17H,18-20H2,1-2H3,(H,29,32). The van der Waals surface area contributed by atoms with Crippen molar-refractivity contribution < 1.29 is 17.9 Å². The molecule has 0 unspecified atom stereocenters. The molecule has 8 nitrogen and oxygen atoms in total. The zero-order valence-electron chi connectivity index (χ0n) is 20.2. The molecule has 0 fully saturated rings. The molecule has 0 radical (unpaired) electrons. The molecule has 36 heavy (non-hydrogen) atoms. The van der Waals surface area contributed by atoms with Gasteiger partial charge < -0.3 is 14.6 Å². The number of nitrogens with one attached hydrogen (secondary N) is 1. The van der Waals surface area contributed by atoms with E-state index in [1.807, 2.05) is 72.3 Å². The Hall–Kier alpha value is -4.11. The molecule has 0 saturated carbocycles. The maximum atomic E-state index is 12.6. The van der Waals surface area contributed by atoms with Crippen molar-refractivity contribution in [1.82, 2.24) is 14.9 Å². The molecule has 3 aromatic carbocycles. The smallest absolute Gasteiger partial charge is 0.241 e. The average Bonchev–Trinajstić information content (AvgIpc) is 3.31. The van der Waals surface area contributed by atoms with Crippen LogP contribution in [0.1, 0.15) is 17.0 Å². The predicted octanol–water partition coefficient (Wildman–Crippen LogP) is 3.84. The quantitative estimate of drug-likeness (QED) is 0.354. The topological polar surface area (TPSA) is 93.5 Å². The summed E-state index contributed by atoms with van der Waals surface area (Å²) in [7, 11) is -3.68. The molecule has 0 bridgehead atoms. The monoisotopic (exact) mass is 504 g/mol. The first-order valence-corrected chi connectivity index (χ1v) is 13.2. The first-order chi connectivity index (χ1) is 17.3. The van der Waals surface area contributed by atoms with E-state index in [2.05, 4.69) is 10.3 Å². The molecule has 0 aliphatic heterocycles. The summed E-state index contributed by atoms with van der Waals surface area (Å²) in [5, 5.41) is 2.80. The molecule has 9 heteroatoms. The Morgan fingerprint density at radius 1 is 0.972 bits per heavy atom. The number of amides is 1. The Bertz CT molecular complexity index is 1400.